The number of hydrogen-bond acceptors (Lipinski definition) is 6. The van der Waals surface area contributed by atoms with Gasteiger partial charge in [0.05, 0.1) is 23.0 Å². The van der Waals surface area contributed by atoms with Crippen molar-refractivity contribution in [3.05, 3.63) is 42.4 Å². The molecule has 170 valence electrons. The van der Waals surface area contributed by atoms with Crippen molar-refractivity contribution in [2.75, 3.05) is 23.4 Å². The number of nitrogens with one attached hydrogen (secondary N) is 3. The van der Waals surface area contributed by atoms with Gasteiger partial charge in [-0.05, 0) is 55.7 Å². The monoisotopic (exact) mass is 455 g/mol. The average Bonchev–Trinajstić information content (AvgIpc) is 3.43. The fourth-order valence-corrected chi connectivity index (χ4v) is 5.90. The van der Waals surface area contributed by atoms with Crippen molar-refractivity contribution in [1.82, 2.24) is 20.5 Å². The largest absolute Gasteiger partial charge is 0.381 e. The molecule has 3 heterocycles. The van der Waals surface area contributed by atoms with Crippen LogP contribution in [0.3, 0.4) is 0 Å². The SMILES string of the molecule is O=C(NCCC1CCS(O)(O)CC1)c1cnc2ccc(-c3cn[nH]c3)cc2c1NC1CC1. The predicted octanol–water partition coefficient (Wildman–Crippen LogP) is 4.48. The number of hydrogen-bond donors (Lipinski definition) is 5. The fraction of sp³-hybridized carbons (Fsp3) is 0.435. The van der Waals surface area contributed by atoms with Gasteiger partial charge in [-0.2, -0.15) is 15.7 Å². The van der Waals surface area contributed by atoms with E-state index in [0.29, 0.717) is 35.6 Å². The molecule has 0 bridgehead atoms. The van der Waals surface area contributed by atoms with Crippen LogP contribution in [0.25, 0.3) is 22.0 Å². The smallest absolute Gasteiger partial charge is 0.254 e. The molecule has 0 spiro atoms. The Hall–Kier alpha value is -2.62. The Kier molecular flexibility index (Phi) is 5.79. The van der Waals surface area contributed by atoms with Gasteiger partial charge in [-0.25, -0.2) is 0 Å². The molecule has 5 rings (SSSR count). The van der Waals surface area contributed by atoms with Crippen molar-refractivity contribution in [3.8, 4) is 11.1 Å². The van der Waals surface area contributed by atoms with E-state index < -0.39 is 10.6 Å². The quantitative estimate of drug-likeness (QED) is 0.358. The van der Waals surface area contributed by atoms with Crippen molar-refractivity contribution < 1.29 is 13.9 Å². The second kappa shape index (κ2) is 8.73. The van der Waals surface area contributed by atoms with Crippen molar-refractivity contribution in [1.29, 1.82) is 0 Å². The number of rotatable bonds is 7. The van der Waals surface area contributed by atoms with Gasteiger partial charge in [-0.3, -0.25) is 24.0 Å². The van der Waals surface area contributed by atoms with E-state index in [4.69, 9.17) is 0 Å². The molecule has 0 radical (unpaired) electrons. The van der Waals surface area contributed by atoms with Gasteiger partial charge in [0.1, 0.15) is 0 Å². The topological polar surface area (TPSA) is 123 Å². The Morgan fingerprint density at radius 3 is 2.66 bits per heavy atom. The van der Waals surface area contributed by atoms with Crippen molar-refractivity contribution in [2.45, 2.75) is 38.1 Å². The van der Waals surface area contributed by atoms with E-state index in [9.17, 15) is 13.9 Å². The van der Waals surface area contributed by atoms with Gasteiger partial charge in [0.15, 0.2) is 0 Å². The van der Waals surface area contributed by atoms with E-state index in [1.807, 2.05) is 18.3 Å². The van der Waals surface area contributed by atoms with Crippen LogP contribution in [0.15, 0.2) is 36.8 Å². The van der Waals surface area contributed by atoms with Gasteiger partial charge >= 0.3 is 0 Å². The second-order valence-corrected chi connectivity index (χ2v) is 11.3. The summed E-state index contributed by atoms with van der Waals surface area (Å²) >= 11 is 0. The number of pyridine rings is 1. The molecule has 5 N–H and O–H groups in total. The first-order valence-corrected chi connectivity index (χ1v) is 13.1. The van der Waals surface area contributed by atoms with Crippen LogP contribution < -0.4 is 10.6 Å². The summed E-state index contributed by atoms with van der Waals surface area (Å²) in [5, 5.41) is 14.4. The minimum absolute atomic E-state index is 0.128. The number of amides is 1. The number of aromatic nitrogens is 3. The van der Waals surface area contributed by atoms with Crippen LogP contribution in [0.5, 0.6) is 0 Å². The van der Waals surface area contributed by atoms with E-state index in [-0.39, 0.29) is 5.91 Å². The van der Waals surface area contributed by atoms with E-state index >= 15 is 0 Å². The van der Waals surface area contributed by atoms with Crippen molar-refractivity contribution in [2.24, 2.45) is 5.92 Å². The Balaban J connectivity index is 1.34. The average molecular weight is 456 g/mol. The molecule has 2 aliphatic rings. The molecular formula is C23H29N5O3S. The van der Waals surface area contributed by atoms with E-state index in [2.05, 4.69) is 31.9 Å². The molecule has 2 fully saturated rings. The van der Waals surface area contributed by atoms with Crippen LogP contribution in [0.4, 0.5) is 5.69 Å². The van der Waals surface area contributed by atoms with Crippen molar-refractivity contribution >= 4 is 33.1 Å². The second-order valence-electron chi connectivity index (χ2n) is 8.88. The molecule has 1 saturated heterocycles. The summed E-state index contributed by atoms with van der Waals surface area (Å²) in [4.78, 5) is 17.6. The highest BCUT2D eigenvalue weighted by Crippen LogP contribution is 2.46. The highest BCUT2D eigenvalue weighted by atomic mass is 32.3. The minimum atomic E-state index is -2.36. The van der Waals surface area contributed by atoms with E-state index in [0.717, 1.165) is 59.8 Å². The van der Waals surface area contributed by atoms with Crippen LogP contribution in [0.1, 0.15) is 42.5 Å². The van der Waals surface area contributed by atoms with Gasteiger partial charge in [-0.15, -0.1) is 0 Å². The molecule has 0 atom stereocenters. The lowest BCUT2D eigenvalue weighted by atomic mass is 9.99. The highest BCUT2D eigenvalue weighted by molar-refractivity contribution is 8.24. The van der Waals surface area contributed by atoms with Crippen LogP contribution in [0.2, 0.25) is 0 Å². The number of anilines is 1. The number of fused-ring (bicyclic) bond motifs is 1. The summed E-state index contributed by atoms with van der Waals surface area (Å²) in [6.07, 6.45) is 9.96. The molecule has 32 heavy (non-hydrogen) atoms. The molecule has 9 heteroatoms. The van der Waals surface area contributed by atoms with Crippen LogP contribution >= 0.6 is 10.6 Å². The Morgan fingerprint density at radius 2 is 1.94 bits per heavy atom. The standard InChI is InChI=1S/C23H29N5O3S/c29-23(24-8-5-15-6-9-32(30,31)10-7-15)20-14-25-21-4-1-16(17-12-26-27-13-17)11-19(21)22(20)28-18-2-3-18/h1,4,11-15,18,30-31H,2-3,5-10H2,(H,24,29)(H,25,28)(H,26,27). The molecule has 3 aromatic rings. The number of aromatic amines is 1. The maximum absolute atomic E-state index is 13.1. The summed E-state index contributed by atoms with van der Waals surface area (Å²) < 4.78 is 19.6. The van der Waals surface area contributed by atoms with E-state index in [1.54, 1.807) is 12.4 Å². The first kappa shape index (κ1) is 21.2. The number of H-pyrrole nitrogens is 1. The fourth-order valence-electron chi connectivity index (χ4n) is 4.27. The zero-order valence-corrected chi connectivity index (χ0v) is 18.7. The minimum Gasteiger partial charge on any atom is -0.381 e. The lowest BCUT2D eigenvalue weighted by Gasteiger charge is -2.39. The van der Waals surface area contributed by atoms with Gasteiger partial charge in [-0.1, -0.05) is 6.07 Å². The zero-order chi connectivity index (χ0) is 22.1. The van der Waals surface area contributed by atoms with Gasteiger partial charge in [0, 0.05) is 47.4 Å². The third kappa shape index (κ3) is 4.74. The zero-order valence-electron chi connectivity index (χ0n) is 17.9. The lowest BCUT2D eigenvalue weighted by Crippen LogP contribution is -2.29. The van der Waals surface area contributed by atoms with Gasteiger partial charge < -0.3 is 10.6 Å². The Morgan fingerprint density at radius 1 is 1.12 bits per heavy atom. The molecule has 0 unspecified atom stereocenters. The summed E-state index contributed by atoms with van der Waals surface area (Å²) in [6.45, 7) is 0.568. The summed E-state index contributed by atoms with van der Waals surface area (Å²) in [7, 11) is -2.36. The summed E-state index contributed by atoms with van der Waals surface area (Å²) in [5.74, 6) is 1.26. The normalized spacial score (nSPS) is 19.6. The Labute approximate surface area is 188 Å². The lowest BCUT2D eigenvalue weighted by molar-refractivity contribution is 0.0951. The van der Waals surface area contributed by atoms with E-state index in [1.165, 1.54) is 0 Å². The van der Waals surface area contributed by atoms with Gasteiger partial charge in [0.25, 0.3) is 5.91 Å². The Bertz CT molecular complexity index is 1100. The highest BCUT2D eigenvalue weighted by Gasteiger charge is 2.26. The molecule has 8 nitrogen and oxygen atoms in total. The summed E-state index contributed by atoms with van der Waals surface area (Å²) in [6, 6.07) is 6.45. The predicted molar refractivity (Wildman–Crippen MR) is 128 cm³/mol. The maximum Gasteiger partial charge on any atom is 0.254 e. The van der Waals surface area contributed by atoms with Crippen LogP contribution in [-0.4, -0.2) is 54.3 Å². The molecule has 1 amide bonds. The molecular weight excluding hydrogens is 426 g/mol. The number of benzene rings is 1. The number of carbonyl (C=O) groups is 1. The molecule has 1 aromatic carbocycles. The van der Waals surface area contributed by atoms with Gasteiger partial charge in [0.2, 0.25) is 0 Å². The number of carbonyl (C=O) groups excluding carboxylic acids is 1. The molecule has 1 aliphatic carbocycles. The third-order valence-electron chi connectivity index (χ3n) is 6.41. The molecule has 1 saturated carbocycles. The number of nitrogens with zero attached hydrogens (tertiary/aromatic N) is 2. The van der Waals surface area contributed by atoms with Crippen LogP contribution in [-0.2, 0) is 0 Å². The first-order valence-electron chi connectivity index (χ1n) is 11.2. The first-order chi connectivity index (χ1) is 15.5. The molecule has 1 aliphatic heterocycles. The molecule has 2 aromatic heterocycles. The van der Waals surface area contributed by atoms with Crippen LogP contribution in [0, 0.1) is 5.92 Å². The summed E-state index contributed by atoms with van der Waals surface area (Å²) in [5.41, 5.74) is 4.26. The van der Waals surface area contributed by atoms with Crippen molar-refractivity contribution in [3.63, 3.8) is 0 Å². The maximum atomic E-state index is 13.1. The third-order valence-corrected chi connectivity index (χ3v) is 8.19.